The third-order valence-corrected chi connectivity index (χ3v) is 4.34. The molecule has 1 aliphatic rings. The minimum Gasteiger partial charge on any atom is -0.396 e. The number of halogens is 3. The molecule has 0 aliphatic carbocycles. The van der Waals surface area contributed by atoms with Crippen LogP contribution in [0.2, 0.25) is 10.0 Å². The Hall–Kier alpha value is -0.190. The van der Waals surface area contributed by atoms with Crippen LogP contribution in [0.3, 0.4) is 0 Å². The van der Waals surface area contributed by atoms with Gasteiger partial charge in [-0.3, -0.25) is 4.90 Å². The summed E-state index contributed by atoms with van der Waals surface area (Å²) in [6.45, 7) is 5.37. The lowest BCUT2D eigenvalue weighted by Gasteiger charge is -2.36. The predicted molar refractivity (Wildman–Crippen MR) is 88.7 cm³/mol. The highest BCUT2D eigenvalue weighted by Gasteiger charge is 2.19. The summed E-state index contributed by atoms with van der Waals surface area (Å²) in [5.74, 6) is 0. The van der Waals surface area contributed by atoms with E-state index in [-0.39, 0.29) is 19.0 Å². The molecule has 1 aromatic carbocycles. The lowest BCUT2D eigenvalue weighted by molar-refractivity contribution is 0.232. The fraction of sp³-hybridized carbons (Fsp3) is 0.571. The number of unbranched alkanes of at least 4 members (excludes halogenated alkanes) is 1. The molecule has 2 rings (SSSR count). The topological polar surface area (TPSA) is 26.7 Å². The Kier molecular flexibility index (Phi) is 8.00. The molecule has 1 fully saturated rings. The Bertz CT molecular complexity index is 409. The second-order valence-electron chi connectivity index (χ2n) is 4.83. The molecule has 1 saturated heterocycles. The summed E-state index contributed by atoms with van der Waals surface area (Å²) in [4.78, 5) is 4.72. The zero-order chi connectivity index (χ0) is 13.7. The van der Waals surface area contributed by atoms with Crippen molar-refractivity contribution < 1.29 is 5.11 Å². The summed E-state index contributed by atoms with van der Waals surface area (Å²) in [5, 5.41) is 10.1. The summed E-state index contributed by atoms with van der Waals surface area (Å²) in [6.07, 6.45) is 1.95. The van der Waals surface area contributed by atoms with E-state index in [4.69, 9.17) is 28.3 Å². The molecule has 0 atom stereocenters. The van der Waals surface area contributed by atoms with Crippen LogP contribution in [-0.2, 0) is 0 Å². The number of rotatable bonds is 5. The fourth-order valence-corrected chi connectivity index (χ4v) is 2.81. The molecule has 0 amide bonds. The molecule has 114 valence electrons. The summed E-state index contributed by atoms with van der Waals surface area (Å²) < 4.78 is 0. The molecule has 1 N–H and O–H groups in total. The lowest BCUT2D eigenvalue weighted by atomic mass is 10.2. The molecule has 0 unspecified atom stereocenters. The first-order chi connectivity index (χ1) is 9.22. The Morgan fingerprint density at radius 1 is 1.05 bits per heavy atom. The van der Waals surface area contributed by atoms with Gasteiger partial charge in [0, 0.05) is 32.8 Å². The molecule has 1 heterocycles. The van der Waals surface area contributed by atoms with Gasteiger partial charge in [0.15, 0.2) is 0 Å². The van der Waals surface area contributed by atoms with Gasteiger partial charge in [-0.2, -0.15) is 0 Å². The summed E-state index contributed by atoms with van der Waals surface area (Å²) in [5.41, 5.74) is 1.03. The van der Waals surface area contributed by atoms with Crippen molar-refractivity contribution in [1.29, 1.82) is 0 Å². The van der Waals surface area contributed by atoms with Crippen LogP contribution in [0.15, 0.2) is 18.2 Å². The number of anilines is 1. The molecule has 20 heavy (non-hydrogen) atoms. The zero-order valence-electron chi connectivity index (χ0n) is 11.4. The van der Waals surface area contributed by atoms with Gasteiger partial charge in [0.05, 0.1) is 15.7 Å². The van der Waals surface area contributed by atoms with Crippen molar-refractivity contribution in [2.45, 2.75) is 12.8 Å². The van der Waals surface area contributed by atoms with Crippen LogP contribution in [0.4, 0.5) is 5.69 Å². The zero-order valence-corrected chi connectivity index (χ0v) is 13.7. The summed E-state index contributed by atoms with van der Waals surface area (Å²) >= 11 is 12.3. The van der Waals surface area contributed by atoms with Crippen molar-refractivity contribution in [2.75, 3.05) is 44.2 Å². The third kappa shape index (κ3) is 4.68. The van der Waals surface area contributed by atoms with Crippen LogP contribution < -0.4 is 4.90 Å². The number of aliphatic hydroxyl groups is 1. The Morgan fingerprint density at radius 2 is 1.75 bits per heavy atom. The lowest BCUT2D eigenvalue weighted by Crippen LogP contribution is -2.46. The molecule has 0 radical (unpaired) electrons. The number of aliphatic hydroxyl groups excluding tert-OH is 1. The molecule has 0 spiro atoms. The van der Waals surface area contributed by atoms with E-state index in [9.17, 15) is 0 Å². The fourth-order valence-electron chi connectivity index (χ4n) is 2.40. The average molecular weight is 340 g/mol. The molecular formula is C14H21Cl3N2O. The number of hydrogen-bond donors (Lipinski definition) is 1. The van der Waals surface area contributed by atoms with Crippen molar-refractivity contribution in [1.82, 2.24) is 4.90 Å². The van der Waals surface area contributed by atoms with Gasteiger partial charge < -0.3 is 10.0 Å². The minimum absolute atomic E-state index is 0. The van der Waals surface area contributed by atoms with Crippen LogP contribution in [0.25, 0.3) is 0 Å². The van der Waals surface area contributed by atoms with E-state index < -0.39 is 0 Å². The van der Waals surface area contributed by atoms with E-state index in [0.29, 0.717) is 10.0 Å². The van der Waals surface area contributed by atoms with Gasteiger partial charge in [0.25, 0.3) is 0 Å². The van der Waals surface area contributed by atoms with Crippen molar-refractivity contribution in [3.05, 3.63) is 28.2 Å². The third-order valence-electron chi connectivity index (χ3n) is 3.53. The van der Waals surface area contributed by atoms with E-state index in [2.05, 4.69) is 9.80 Å². The van der Waals surface area contributed by atoms with Gasteiger partial charge in [-0.05, 0) is 31.5 Å². The molecule has 0 saturated carbocycles. The second kappa shape index (κ2) is 8.96. The van der Waals surface area contributed by atoms with Crippen LogP contribution in [-0.4, -0.2) is 49.3 Å². The predicted octanol–water partition coefficient (Wildman–Crippen LogP) is 3.31. The van der Waals surface area contributed by atoms with Crippen molar-refractivity contribution in [3.63, 3.8) is 0 Å². The number of nitrogens with zero attached hydrogens (tertiary/aromatic N) is 2. The first kappa shape index (κ1) is 17.9. The minimum atomic E-state index is 0. The first-order valence-corrected chi connectivity index (χ1v) is 7.50. The van der Waals surface area contributed by atoms with Crippen molar-refractivity contribution in [3.8, 4) is 0 Å². The van der Waals surface area contributed by atoms with Crippen LogP contribution in [0.1, 0.15) is 12.8 Å². The molecule has 1 aliphatic heterocycles. The maximum absolute atomic E-state index is 8.79. The standard InChI is InChI=1S/C14H20Cl2N2O.ClH/c15-12-4-3-5-13(14(12)16)18-9-7-17(8-10-18)6-1-2-11-19;/h3-5,19H,1-2,6-11H2;1H. The molecule has 0 aromatic heterocycles. The Balaban J connectivity index is 0.00000200. The molecule has 0 bridgehead atoms. The Labute approximate surface area is 136 Å². The van der Waals surface area contributed by atoms with E-state index >= 15 is 0 Å². The van der Waals surface area contributed by atoms with Gasteiger partial charge in [-0.15, -0.1) is 12.4 Å². The molecule has 6 heteroatoms. The van der Waals surface area contributed by atoms with Crippen LogP contribution in [0.5, 0.6) is 0 Å². The van der Waals surface area contributed by atoms with Gasteiger partial charge in [-0.1, -0.05) is 29.3 Å². The highest BCUT2D eigenvalue weighted by atomic mass is 35.5. The summed E-state index contributed by atoms with van der Waals surface area (Å²) in [7, 11) is 0. The van der Waals surface area contributed by atoms with Gasteiger partial charge in [0.1, 0.15) is 0 Å². The van der Waals surface area contributed by atoms with E-state index in [1.54, 1.807) is 0 Å². The quantitative estimate of drug-likeness (QED) is 0.834. The number of benzene rings is 1. The number of hydrogen-bond acceptors (Lipinski definition) is 3. The largest absolute Gasteiger partial charge is 0.396 e. The van der Waals surface area contributed by atoms with E-state index in [1.807, 2.05) is 18.2 Å². The van der Waals surface area contributed by atoms with Crippen molar-refractivity contribution >= 4 is 41.3 Å². The SMILES string of the molecule is Cl.OCCCCN1CCN(c2cccc(Cl)c2Cl)CC1. The molecule has 3 nitrogen and oxygen atoms in total. The first-order valence-electron chi connectivity index (χ1n) is 6.74. The highest BCUT2D eigenvalue weighted by molar-refractivity contribution is 6.43. The van der Waals surface area contributed by atoms with Gasteiger partial charge in [-0.25, -0.2) is 0 Å². The van der Waals surface area contributed by atoms with Crippen LogP contribution in [0, 0.1) is 0 Å². The van der Waals surface area contributed by atoms with Crippen LogP contribution >= 0.6 is 35.6 Å². The van der Waals surface area contributed by atoms with E-state index in [0.717, 1.165) is 51.3 Å². The smallest absolute Gasteiger partial charge is 0.0825 e. The summed E-state index contributed by atoms with van der Waals surface area (Å²) in [6, 6.07) is 5.78. The maximum atomic E-state index is 8.79. The van der Waals surface area contributed by atoms with Gasteiger partial charge in [0.2, 0.25) is 0 Å². The second-order valence-corrected chi connectivity index (χ2v) is 5.62. The average Bonchev–Trinajstić information content (AvgIpc) is 2.43. The van der Waals surface area contributed by atoms with Crippen molar-refractivity contribution in [2.24, 2.45) is 0 Å². The molecular weight excluding hydrogens is 319 g/mol. The highest BCUT2D eigenvalue weighted by Crippen LogP contribution is 2.32. The molecule has 1 aromatic rings. The van der Waals surface area contributed by atoms with E-state index in [1.165, 1.54) is 0 Å². The normalized spacial score (nSPS) is 16.1. The monoisotopic (exact) mass is 338 g/mol. The number of piperazine rings is 1. The Morgan fingerprint density at radius 3 is 2.40 bits per heavy atom. The maximum Gasteiger partial charge on any atom is 0.0825 e. The van der Waals surface area contributed by atoms with Gasteiger partial charge >= 0.3 is 0 Å².